The van der Waals surface area contributed by atoms with Crippen LogP contribution >= 0.6 is 11.3 Å². The van der Waals surface area contributed by atoms with Gasteiger partial charge in [-0.05, 0) is 24.3 Å². The summed E-state index contributed by atoms with van der Waals surface area (Å²) in [6.07, 6.45) is 1.61. The van der Waals surface area contributed by atoms with Crippen LogP contribution in [0.1, 0.15) is 4.88 Å². The first kappa shape index (κ1) is 13.5. The molecule has 2 heterocycles. The lowest BCUT2D eigenvalue weighted by atomic mass is 10.2. The maximum atomic E-state index is 12.3. The Labute approximate surface area is 125 Å². The quantitative estimate of drug-likeness (QED) is 0.805. The van der Waals surface area contributed by atoms with E-state index in [0.717, 1.165) is 16.7 Å². The summed E-state index contributed by atoms with van der Waals surface area (Å²) in [5.74, 6) is 0. The third kappa shape index (κ3) is 2.59. The molecule has 1 aromatic carbocycles. The van der Waals surface area contributed by atoms with Gasteiger partial charge in [0.2, 0.25) is 0 Å². The number of pyridine rings is 1. The molecule has 104 valence electrons. The second-order valence-corrected chi connectivity index (χ2v) is 7.21. The fourth-order valence-electron chi connectivity index (χ4n) is 1.91. The van der Waals surface area contributed by atoms with Crippen molar-refractivity contribution in [2.45, 2.75) is 4.21 Å². The third-order valence-corrected chi connectivity index (χ3v) is 5.68. The van der Waals surface area contributed by atoms with Gasteiger partial charge in [-0.3, -0.25) is 9.71 Å². The number of aromatic nitrogens is 1. The molecule has 0 unspecified atom stereocenters. The highest BCUT2D eigenvalue weighted by Gasteiger charge is 2.18. The van der Waals surface area contributed by atoms with E-state index in [0.29, 0.717) is 16.1 Å². The van der Waals surface area contributed by atoms with Gasteiger partial charge < -0.3 is 0 Å². The fraction of sp³-hybridized carbons (Fsp3) is 0. The van der Waals surface area contributed by atoms with E-state index < -0.39 is 10.0 Å². The van der Waals surface area contributed by atoms with Gasteiger partial charge in [0.05, 0.1) is 11.2 Å². The average molecular weight is 315 g/mol. The summed E-state index contributed by atoms with van der Waals surface area (Å²) >= 11 is 0.932. The van der Waals surface area contributed by atoms with Crippen molar-refractivity contribution in [1.82, 2.24) is 4.98 Å². The lowest BCUT2D eigenvalue weighted by molar-refractivity contribution is 0.603. The number of nitrogens with zero attached hydrogens (tertiary/aromatic N) is 2. The van der Waals surface area contributed by atoms with Crippen LogP contribution in [-0.4, -0.2) is 13.4 Å². The molecule has 0 atom stereocenters. The largest absolute Gasteiger partial charge is 0.277 e. The minimum atomic E-state index is -3.72. The van der Waals surface area contributed by atoms with E-state index in [-0.39, 0.29) is 4.21 Å². The Balaban J connectivity index is 2.04. The van der Waals surface area contributed by atoms with Gasteiger partial charge in [-0.15, -0.1) is 11.3 Å². The van der Waals surface area contributed by atoms with Crippen LogP contribution in [0.25, 0.3) is 10.9 Å². The second kappa shape index (κ2) is 5.16. The summed E-state index contributed by atoms with van der Waals surface area (Å²) in [6, 6.07) is 13.8. The van der Waals surface area contributed by atoms with Gasteiger partial charge in [0, 0.05) is 11.6 Å². The molecule has 0 radical (unpaired) electrons. The highest BCUT2D eigenvalue weighted by molar-refractivity contribution is 7.94. The molecule has 7 heteroatoms. The molecule has 3 aromatic rings. The molecule has 0 amide bonds. The van der Waals surface area contributed by atoms with Gasteiger partial charge in [0.25, 0.3) is 10.0 Å². The van der Waals surface area contributed by atoms with E-state index in [1.165, 1.54) is 12.1 Å². The zero-order valence-corrected chi connectivity index (χ0v) is 12.3. The molecule has 1 N–H and O–H groups in total. The summed E-state index contributed by atoms with van der Waals surface area (Å²) in [6.45, 7) is 0. The predicted molar refractivity (Wildman–Crippen MR) is 81.6 cm³/mol. The molecule has 0 aliphatic rings. The molecule has 0 saturated heterocycles. The topological polar surface area (TPSA) is 82.8 Å². The maximum Gasteiger partial charge on any atom is 0.271 e. The molecule has 2 aromatic heterocycles. The number of hydrogen-bond acceptors (Lipinski definition) is 5. The van der Waals surface area contributed by atoms with E-state index in [4.69, 9.17) is 5.26 Å². The van der Waals surface area contributed by atoms with Crippen molar-refractivity contribution in [3.63, 3.8) is 0 Å². The summed E-state index contributed by atoms with van der Waals surface area (Å²) in [5, 5.41) is 9.63. The number of nitrogens with one attached hydrogen (secondary N) is 1. The van der Waals surface area contributed by atoms with Crippen LogP contribution in [0.2, 0.25) is 0 Å². The van der Waals surface area contributed by atoms with Gasteiger partial charge in [-0.2, -0.15) is 5.26 Å². The smallest absolute Gasteiger partial charge is 0.271 e. The number of para-hydroxylation sites is 1. The Kier molecular flexibility index (Phi) is 3.33. The maximum absolute atomic E-state index is 12.3. The average Bonchev–Trinajstić information content (AvgIpc) is 2.97. The number of anilines is 1. The SMILES string of the molecule is N#Cc1ccc(S(=O)(=O)Nc2cccc3cccnc23)s1. The van der Waals surface area contributed by atoms with E-state index in [1.807, 2.05) is 18.2 Å². The molecule has 5 nitrogen and oxygen atoms in total. The summed E-state index contributed by atoms with van der Waals surface area (Å²) in [5.41, 5.74) is 1.00. The van der Waals surface area contributed by atoms with Crippen LogP contribution < -0.4 is 4.72 Å². The number of benzene rings is 1. The fourth-order valence-corrected chi connectivity index (χ4v) is 4.08. The van der Waals surface area contributed by atoms with E-state index in [2.05, 4.69) is 9.71 Å². The summed E-state index contributed by atoms with van der Waals surface area (Å²) < 4.78 is 27.3. The summed E-state index contributed by atoms with van der Waals surface area (Å²) in [4.78, 5) is 4.56. The van der Waals surface area contributed by atoms with Crippen LogP contribution in [0.4, 0.5) is 5.69 Å². The zero-order chi connectivity index (χ0) is 14.9. The van der Waals surface area contributed by atoms with Crippen molar-refractivity contribution in [1.29, 1.82) is 5.26 Å². The van der Waals surface area contributed by atoms with E-state index in [1.54, 1.807) is 24.4 Å². The highest BCUT2D eigenvalue weighted by atomic mass is 32.2. The normalized spacial score (nSPS) is 11.2. The minimum absolute atomic E-state index is 0.104. The molecule has 3 rings (SSSR count). The van der Waals surface area contributed by atoms with Crippen LogP contribution in [0.3, 0.4) is 0 Å². The second-order valence-electron chi connectivity index (χ2n) is 4.22. The van der Waals surface area contributed by atoms with Crippen LogP contribution in [0.15, 0.2) is 52.9 Å². The Morgan fingerprint density at radius 1 is 1.14 bits per heavy atom. The van der Waals surface area contributed by atoms with Crippen LogP contribution in [0.5, 0.6) is 0 Å². The third-order valence-electron chi connectivity index (χ3n) is 2.83. The first-order valence-corrected chi connectivity index (χ1v) is 8.26. The van der Waals surface area contributed by atoms with Gasteiger partial charge >= 0.3 is 0 Å². The van der Waals surface area contributed by atoms with Crippen molar-refractivity contribution in [2.75, 3.05) is 4.72 Å². The summed E-state index contributed by atoms with van der Waals surface area (Å²) in [7, 11) is -3.72. The van der Waals surface area contributed by atoms with E-state index in [9.17, 15) is 8.42 Å². The lowest BCUT2D eigenvalue weighted by Crippen LogP contribution is -2.11. The predicted octanol–water partition coefficient (Wildman–Crippen LogP) is 2.97. The monoisotopic (exact) mass is 315 g/mol. The number of sulfonamides is 1. The molecule has 21 heavy (non-hydrogen) atoms. The molecular formula is C14H9N3O2S2. The zero-order valence-electron chi connectivity index (χ0n) is 10.6. The van der Waals surface area contributed by atoms with Crippen molar-refractivity contribution in [2.24, 2.45) is 0 Å². The molecule has 0 aliphatic heterocycles. The molecule has 0 saturated carbocycles. The Hall–Kier alpha value is -2.43. The van der Waals surface area contributed by atoms with Gasteiger partial charge in [-0.1, -0.05) is 18.2 Å². The number of rotatable bonds is 3. The van der Waals surface area contributed by atoms with Crippen LogP contribution in [-0.2, 0) is 10.0 Å². The van der Waals surface area contributed by atoms with Gasteiger partial charge in [0.15, 0.2) is 0 Å². The van der Waals surface area contributed by atoms with Gasteiger partial charge in [0.1, 0.15) is 15.2 Å². The van der Waals surface area contributed by atoms with Gasteiger partial charge in [-0.25, -0.2) is 8.42 Å². The first-order valence-electron chi connectivity index (χ1n) is 5.97. The molecule has 0 bridgehead atoms. The van der Waals surface area contributed by atoms with Crippen molar-refractivity contribution in [3.8, 4) is 6.07 Å². The number of hydrogen-bond donors (Lipinski definition) is 1. The van der Waals surface area contributed by atoms with E-state index >= 15 is 0 Å². The molecular weight excluding hydrogens is 306 g/mol. The molecule has 0 spiro atoms. The number of thiophene rings is 1. The lowest BCUT2D eigenvalue weighted by Gasteiger charge is -2.08. The highest BCUT2D eigenvalue weighted by Crippen LogP contribution is 2.26. The van der Waals surface area contributed by atoms with Crippen molar-refractivity contribution < 1.29 is 8.42 Å². The number of fused-ring (bicyclic) bond motifs is 1. The first-order chi connectivity index (χ1) is 10.1. The minimum Gasteiger partial charge on any atom is -0.277 e. The number of nitriles is 1. The van der Waals surface area contributed by atoms with Crippen molar-refractivity contribution in [3.05, 3.63) is 53.5 Å². The van der Waals surface area contributed by atoms with Crippen molar-refractivity contribution >= 4 is 38.0 Å². The Bertz CT molecular complexity index is 950. The molecule has 0 fully saturated rings. The Morgan fingerprint density at radius 3 is 2.71 bits per heavy atom. The van der Waals surface area contributed by atoms with Crippen LogP contribution in [0, 0.1) is 11.3 Å². The standard InChI is InChI=1S/C14H9N3O2S2/c15-9-11-6-7-13(20-11)21(18,19)17-12-5-1-3-10-4-2-8-16-14(10)12/h1-8,17H. The molecule has 0 aliphatic carbocycles. The Morgan fingerprint density at radius 2 is 1.95 bits per heavy atom.